The number of nitrogens with one attached hydrogen (secondary N) is 1. The number of nitrogens with zero attached hydrogens (tertiary/aromatic N) is 1. The number of aliphatic hydroxyl groups is 1. The molecule has 1 unspecified atom stereocenters. The molecule has 0 amide bonds. The van der Waals surface area contributed by atoms with Crippen molar-refractivity contribution in [2.24, 2.45) is 0 Å². The molecule has 3 nitrogen and oxygen atoms in total. The lowest BCUT2D eigenvalue weighted by atomic mass is 10.0. The molecule has 1 fully saturated rings. The highest BCUT2D eigenvalue weighted by molar-refractivity contribution is 5.23. The van der Waals surface area contributed by atoms with Gasteiger partial charge in [-0.15, -0.1) is 0 Å². The van der Waals surface area contributed by atoms with E-state index < -0.39 is 0 Å². The lowest BCUT2D eigenvalue weighted by Gasteiger charge is -2.29. The van der Waals surface area contributed by atoms with Gasteiger partial charge in [-0.05, 0) is 51.3 Å². The quantitative estimate of drug-likeness (QED) is 0.758. The molecule has 118 valence electrons. The maximum atomic E-state index is 9.51. The first-order valence-corrected chi connectivity index (χ1v) is 8.39. The third kappa shape index (κ3) is 5.42. The molecule has 0 spiro atoms. The predicted octanol–water partition coefficient (Wildman–Crippen LogP) is 2.88. The highest BCUT2D eigenvalue weighted by Crippen LogP contribution is 2.17. The average Bonchev–Trinajstić information content (AvgIpc) is 2.50. The van der Waals surface area contributed by atoms with Gasteiger partial charge in [0.1, 0.15) is 0 Å². The van der Waals surface area contributed by atoms with E-state index in [4.69, 9.17) is 0 Å². The molecule has 2 N–H and O–H groups in total. The zero-order valence-electron chi connectivity index (χ0n) is 13.5. The molecule has 1 aromatic carbocycles. The van der Waals surface area contributed by atoms with Crippen LogP contribution in [0.5, 0.6) is 0 Å². The molecular weight excluding hydrogens is 260 g/mol. The standard InChI is InChI=1S/C18H30N2O/c1-3-18(16-7-5-15(2)6-8-16)19-11-4-12-20-13-9-17(21)10-14-20/h5-8,17-19,21H,3-4,9-14H2,1-2H3. The first kappa shape index (κ1) is 16.5. The molecule has 0 aromatic heterocycles. The van der Waals surface area contributed by atoms with Gasteiger partial charge in [0.15, 0.2) is 0 Å². The molecule has 1 saturated heterocycles. The smallest absolute Gasteiger partial charge is 0.0564 e. The number of aryl methyl sites for hydroxylation is 1. The van der Waals surface area contributed by atoms with Crippen LogP contribution >= 0.6 is 0 Å². The van der Waals surface area contributed by atoms with E-state index in [2.05, 4.69) is 48.3 Å². The predicted molar refractivity (Wildman–Crippen MR) is 88.5 cm³/mol. The lowest BCUT2D eigenvalue weighted by Crippen LogP contribution is -2.37. The largest absolute Gasteiger partial charge is 0.393 e. The molecule has 2 rings (SSSR count). The van der Waals surface area contributed by atoms with Crippen LogP contribution < -0.4 is 5.32 Å². The van der Waals surface area contributed by atoms with Gasteiger partial charge in [0.25, 0.3) is 0 Å². The van der Waals surface area contributed by atoms with Crippen LogP contribution in [0.2, 0.25) is 0 Å². The third-order valence-electron chi connectivity index (χ3n) is 4.49. The van der Waals surface area contributed by atoms with Gasteiger partial charge >= 0.3 is 0 Å². The van der Waals surface area contributed by atoms with Gasteiger partial charge in [-0.1, -0.05) is 36.8 Å². The van der Waals surface area contributed by atoms with Crippen LogP contribution in [0.1, 0.15) is 49.8 Å². The number of hydrogen-bond donors (Lipinski definition) is 2. The van der Waals surface area contributed by atoms with Crippen LogP contribution in [0.15, 0.2) is 24.3 Å². The molecule has 0 bridgehead atoms. The van der Waals surface area contributed by atoms with Crippen molar-refractivity contribution in [3.63, 3.8) is 0 Å². The van der Waals surface area contributed by atoms with Gasteiger partial charge in [0.05, 0.1) is 6.10 Å². The second kappa shape index (κ2) is 8.52. The van der Waals surface area contributed by atoms with Crippen molar-refractivity contribution in [2.75, 3.05) is 26.2 Å². The topological polar surface area (TPSA) is 35.5 Å². The van der Waals surface area contributed by atoms with E-state index in [1.54, 1.807) is 0 Å². The Bertz CT molecular complexity index is 396. The molecule has 1 atom stereocenters. The lowest BCUT2D eigenvalue weighted by molar-refractivity contribution is 0.0820. The van der Waals surface area contributed by atoms with Gasteiger partial charge in [0, 0.05) is 19.1 Å². The van der Waals surface area contributed by atoms with E-state index in [1.807, 2.05) is 0 Å². The van der Waals surface area contributed by atoms with Crippen LogP contribution in [0.3, 0.4) is 0 Å². The van der Waals surface area contributed by atoms with Crippen molar-refractivity contribution >= 4 is 0 Å². The Morgan fingerprint density at radius 2 is 1.90 bits per heavy atom. The number of benzene rings is 1. The van der Waals surface area contributed by atoms with Crippen molar-refractivity contribution < 1.29 is 5.11 Å². The van der Waals surface area contributed by atoms with E-state index in [9.17, 15) is 5.11 Å². The third-order valence-corrected chi connectivity index (χ3v) is 4.49. The molecule has 1 heterocycles. The summed E-state index contributed by atoms with van der Waals surface area (Å²) < 4.78 is 0. The summed E-state index contributed by atoms with van der Waals surface area (Å²) in [6, 6.07) is 9.33. The minimum Gasteiger partial charge on any atom is -0.393 e. The summed E-state index contributed by atoms with van der Waals surface area (Å²) >= 11 is 0. The minimum atomic E-state index is -0.0645. The van der Waals surface area contributed by atoms with Gasteiger partial charge in [-0.25, -0.2) is 0 Å². The van der Waals surface area contributed by atoms with Crippen LogP contribution in [0, 0.1) is 6.92 Å². The van der Waals surface area contributed by atoms with Crippen LogP contribution in [-0.4, -0.2) is 42.3 Å². The average molecular weight is 290 g/mol. The Morgan fingerprint density at radius 3 is 2.52 bits per heavy atom. The fraction of sp³-hybridized carbons (Fsp3) is 0.667. The molecule has 0 saturated carbocycles. The summed E-state index contributed by atoms with van der Waals surface area (Å²) in [5.41, 5.74) is 2.71. The van der Waals surface area contributed by atoms with Gasteiger partial charge in [0.2, 0.25) is 0 Å². The van der Waals surface area contributed by atoms with E-state index in [1.165, 1.54) is 17.5 Å². The summed E-state index contributed by atoms with van der Waals surface area (Å²) in [6.45, 7) is 8.68. The molecule has 3 heteroatoms. The first-order valence-electron chi connectivity index (χ1n) is 8.39. The van der Waals surface area contributed by atoms with Crippen molar-refractivity contribution in [2.45, 2.75) is 51.7 Å². The van der Waals surface area contributed by atoms with Crippen molar-refractivity contribution in [1.82, 2.24) is 10.2 Å². The number of aliphatic hydroxyl groups excluding tert-OH is 1. The Labute approximate surface area is 129 Å². The fourth-order valence-corrected chi connectivity index (χ4v) is 3.02. The Balaban J connectivity index is 1.67. The van der Waals surface area contributed by atoms with E-state index in [-0.39, 0.29) is 6.10 Å². The minimum absolute atomic E-state index is 0.0645. The number of likely N-dealkylation sites (tertiary alicyclic amines) is 1. The summed E-state index contributed by atoms with van der Waals surface area (Å²) in [4.78, 5) is 2.47. The van der Waals surface area contributed by atoms with E-state index in [0.717, 1.165) is 45.4 Å². The SMILES string of the molecule is CCC(NCCCN1CCC(O)CC1)c1ccc(C)cc1. The maximum Gasteiger partial charge on any atom is 0.0564 e. The van der Waals surface area contributed by atoms with E-state index in [0.29, 0.717) is 6.04 Å². The van der Waals surface area contributed by atoms with Crippen LogP contribution in [0.25, 0.3) is 0 Å². The van der Waals surface area contributed by atoms with Crippen molar-refractivity contribution in [1.29, 1.82) is 0 Å². The second-order valence-electron chi connectivity index (χ2n) is 6.25. The van der Waals surface area contributed by atoms with Gasteiger partial charge < -0.3 is 15.3 Å². The molecule has 21 heavy (non-hydrogen) atoms. The van der Waals surface area contributed by atoms with Gasteiger partial charge in [-0.2, -0.15) is 0 Å². The molecule has 1 aliphatic rings. The Kier molecular flexibility index (Phi) is 6.68. The summed E-state index contributed by atoms with van der Waals surface area (Å²) in [5.74, 6) is 0. The van der Waals surface area contributed by atoms with Gasteiger partial charge in [-0.3, -0.25) is 0 Å². The molecular formula is C18H30N2O. The van der Waals surface area contributed by atoms with Crippen LogP contribution in [0.4, 0.5) is 0 Å². The zero-order valence-corrected chi connectivity index (χ0v) is 13.5. The number of piperidine rings is 1. The number of rotatable bonds is 7. The van der Waals surface area contributed by atoms with Crippen molar-refractivity contribution in [3.05, 3.63) is 35.4 Å². The molecule has 1 aromatic rings. The second-order valence-corrected chi connectivity index (χ2v) is 6.25. The Morgan fingerprint density at radius 1 is 1.24 bits per heavy atom. The normalized spacial score (nSPS) is 18.8. The van der Waals surface area contributed by atoms with Crippen LogP contribution in [-0.2, 0) is 0 Å². The first-order chi connectivity index (χ1) is 10.2. The fourth-order valence-electron chi connectivity index (χ4n) is 3.02. The highest BCUT2D eigenvalue weighted by atomic mass is 16.3. The highest BCUT2D eigenvalue weighted by Gasteiger charge is 2.16. The Hall–Kier alpha value is -0.900. The summed E-state index contributed by atoms with van der Waals surface area (Å²) in [5, 5.41) is 13.2. The maximum absolute atomic E-state index is 9.51. The number of hydrogen-bond acceptors (Lipinski definition) is 3. The molecule has 0 aliphatic carbocycles. The zero-order chi connectivity index (χ0) is 15.1. The summed E-state index contributed by atoms with van der Waals surface area (Å²) in [7, 11) is 0. The monoisotopic (exact) mass is 290 g/mol. The van der Waals surface area contributed by atoms with Crippen molar-refractivity contribution in [3.8, 4) is 0 Å². The summed E-state index contributed by atoms with van der Waals surface area (Å²) in [6.07, 6.45) is 4.12. The molecule has 1 aliphatic heterocycles. The molecule has 0 radical (unpaired) electrons. The van der Waals surface area contributed by atoms with E-state index >= 15 is 0 Å².